The van der Waals surface area contributed by atoms with E-state index in [0.29, 0.717) is 19.4 Å². The predicted molar refractivity (Wildman–Crippen MR) is 145 cm³/mol. The van der Waals surface area contributed by atoms with Gasteiger partial charge in [-0.25, -0.2) is 4.39 Å². The second kappa shape index (κ2) is 10.2. The smallest absolute Gasteiger partial charge is 0.239 e. The van der Waals surface area contributed by atoms with Crippen LogP contribution in [0.5, 0.6) is 0 Å². The second-order valence-corrected chi connectivity index (χ2v) is 10.6. The number of rotatable bonds is 6. The summed E-state index contributed by atoms with van der Waals surface area (Å²) in [7, 11) is 0. The number of para-hydroxylation sites is 2. The van der Waals surface area contributed by atoms with Crippen molar-refractivity contribution >= 4 is 23.1 Å². The molecule has 37 heavy (non-hydrogen) atoms. The van der Waals surface area contributed by atoms with Crippen LogP contribution in [0.4, 0.5) is 15.8 Å². The van der Waals surface area contributed by atoms with E-state index in [1.54, 1.807) is 12.1 Å². The van der Waals surface area contributed by atoms with Crippen molar-refractivity contribution in [3.63, 3.8) is 0 Å². The van der Waals surface area contributed by atoms with Crippen LogP contribution < -0.4 is 15.5 Å². The lowest BCUT2D eigenvalue weighted by molar-refractivity contribution is -0.120. The van der Waals surface area contributed by atoms with Gasteiger partial charge in [-0.2, -0.15) is 0 Å². The fourth-order valence-corrected chi connectivity index (χ4v) is 5.42. The molecule has 3 aromatic rings. The van der Waals surface area contributed by atoms with Crippen molar-refractivity contribution in [1.29, 1.82) is 0 Å². The average molecular weight is 498 g/mol. The third-order valence-corrected chi connectivity index (χ3v) is 7.08. The summed E-state index contributed by atoms with van der Waals surface area (Å²) < 4.78 is 13.2. The quantitative estimate of drug-likeness (QED) is 0.452. The Kier molecular flexibility index (Phi) is 6.83. The zero-order valence-corrected chi connectivity index (χ0v) is 21.3. The molecule has 2 N–H and O–H groups in total. The van der Waals surface area contributed by atoms with Crippen molar-refractivity contribution in [3.05, 3.63) is 107 Å². The molecule has 190 valence electrons. The first-order valence-corrected chi connectivity index (χ1v) is 12.8. The summed E-state index contributed by atoms with van der Waals surface area (Å²) in [5, 5.41) is 6.59. The Labute approximate surface area is 217 Å². The van der Waals surface area contributed by atoms with Crippen LogP contribution in [0.25, 0.3) is 0 Å². The third-order valence-electron chi connectivity index (χ3n) is 7.08. The summed E-state index contributed by atoms with van der Waals surface area (Å²) in [4.78, 5) is 29.0. The molecule has 6 heteroatoms. The lowest BCUT2D eigenvalue weighted by atomic mass is 9.73. The van der Waals surface area contributed by atoms with E-state index in [4.69, 9.17) is 0 Å². The number of nitrogens with zero attached hydrogens (tertiary/aromatic N) is 1. The Balaban J connectivity index is 1.48. The molecule has 1 heterocycles. The maximum atomic E-state index is 13.7. The second-order valence-electron chi connectivity index (χ2n) is 10.6. The first-order chi connectivity index (χ1) is 17.8. The largest absolute Gasteiger partial charge is 0.357 e. The van der Waals surface area contributed by atoms with Gasteiger partial charge in [0.15, 0.2) is 5.78 Å². The number of allylic oxidation sites excluding steroid dienone is 1. The predicted octanol–water partition coefficient (Wildman–Crippen LogP) is 5.80. The highest BCUT2D eigenvalue weighted by Crippen LogP contribution is 2.48. The number of hydrogen-bond donors (Lipinski definition) is 2. The molecule has 2 aliphatic rings. The molecule has 3 aromatic carbocycles. The van der Waals surface area contributed by atoms with Crippen LogP contribution in [0.2, 0.25) is 0 Å². The van der Waals surface area contributed by atoms with Crippen molar-refractivity contribution in [2.75, 3.05) is 23.3 Å². The zero-order chi connectivity index (χ0) is 26.0. The minimum Gasteiger partial charge on any atom is -0.357 e. The van der Waals surface area contributed by atoms with Crippen LogP contribution in [0.15, 0.2) is 90.1 Å². The number of benzene rings is 3. The van der Waals surface area contributed by atoms with Crippen molar-refractivity contribution in [2.24, 2.45) is 5.41 Å². The number of ketones is 1. The Bertz CT molecular complexity index is 1330. The number of nitrogens with one attached hydrogen (secondary N) is 2. The average Bonchev–Trinajstić information content (AvgIpc) is 2.99. The molecular formula is C31H32FN3O2. The van der Waals surface area contributed by atoms with Crippen molar-refractivity contribution < 1.29 is 14.0 Å². The summed E-state index contributed by atoms with van der Waals surface area (Å²) in [6.07, 6.45) is 1.82. The lowest BCUT2D eigenvalue weighted by Crippen LogP contribution is -2.42. The number of anilines is 2. The monoisotopic (exact) mass is 497 g/mol. The standard InChI is InChI=1S/C31H32FN3O2/c1-31(2)18-25-29(27(36)19-31)30(22-8-4-3-5-9-22)35(26-11-7-6-10-24(26)34-25)20-28(37)33-17-16-21-12-14-23(32)15-13-21/h3-15,30,34H,16-20H2,1-2H3,(H,33,37). The Morgan fingerprint density at radius 3 is 2.46 bits per heavy atom. The van der Waals surface area contributed by atoms with Crippen molar-refractivity contribution in [3.8, 4) is 0 Å². The molecule has 0 spiro atoms. The van der Waals surface area contributed by atoms with Crippen LogP contribution in [0, 0.1) is 11.2 Å². The van der Waals surface area contributed by atoms with Gasteiger partial charge in [0.2, 0.25) is 5.91 Å². The summed E-state index contributed by atoms with van der Waals surface area (Å²) in [5.74, 6) is -0.296. The highest BCUT2D eigenvalue weighted by atomic mass is 19.1. The van der Waals surface area contributed by atoms with Crippen LogP contribution in [-0.4, -0.2) is 24.8 Å². The van der Waals surface area contributed by atoms with Crippen molar-refractivity contribution in [2.45, 2.75) is 39.2 Å². The van der Waals surface area contributed by atoms with Crippen LogP contribution in [0.3, 0.4) is 0 Å². The first-order valence-electron chi connectivity index (χ1n) is 12.8. The molecule has 5 nitrogen and oxygen atoms in total. The summed E-state index contributed by atoms with van der Waals surface area (Å²) in [6.45, 7) is 4.78. The molecule has 0 fully saturated rings. The van der Waals surface area contributed by atoms with E-state index in [1.165, 1.54) is 12.1 Å². The molecule has 0 radical (unpaired) electrons. The number of amides is 1. The third kappa shape index (κ3) is 5.43. The van der Waals surface area contributed by atoms with Gasteiger partial charge in [-0.05, 0) is 53.6 Å². The van der Waals surface area contributed by atoms with Gasteiger partial charge in [-0.1, -0.05) is 68.4 Å². The van der Waals surface area contributed by atoms with Gasteiger partial charge in [0.05, 0.1) is 24.0 Å². The fraction of sp³-hybridized carbons (Fsp3) is 0.290. The molecule has 0 aromatic heterocycles. The number of carbonyl (C=O) groups excluding carboxylic acids is 2. The van der Waals surface area contributed by atoms with Gasteiger partial charge >= 0.3 is 0 Å². The topological polar surface area (TPSA) is 61.4 Å². The van der Waals surface area contributed by atoms with Crippen LogP contribution in [0.1, 0.15) is 43.9 Å². The molecule has 1 aliphatic carbocycles. The number of Topliss-reactive ketones (excluding diaryl/α,β-unsaturated/α-hetero) is 1. The van der Waals surface area contributed by atoms with E-state index in [0.717, 1.165) is 40.2 Å². The Morgan fingerprint density at radius 1 is 1.00 bits per heavy atom. The molecule has 1 amide bonds. The number of halogens is 1. The minimum atomic E-state index is -0.390. The molecule has 1 unspecified atom stereocenters. The molecule has 1 aliphatic heterocycles. The lowest BCUT2D eigenvalue weighted by Gasteiger charge is -2.37. The fourth-order valence-electron chi connectivity index (χ4n) is 5.42. The highest BCUT2D eigenvalue weighted by molar-refractivity contribution is 6.01. The normalized spacial score (nSPS) is 18.4. The van der Waals surface area contributed by atoms with Crippen LogP contribution >= 0.6 is 0 Å². The summed E-state index contributed by atoms with van der Waals surface area (Å²) in [6, 6.07) is 23.8. The van der Waals surface area contributed by atoms with Gasteiger partial charge in [0.25, 0.3) is 0 Å². The summed E-state index contributed by atoms with van der Waals surface area (Å²) >= 11 is 0. The highest BCUT2D eigenvalue weighted by Gasteiger charge is 2.41. The van der Waals surface area contributed by atoms with Crippen LogP contribution in [-0.2, 0) is 16.0 Å². The molecule has 1 atom stereocenters. The van der Waals surface area contributed by atoms with E-state index in [1.807, 2.05) is 59.5 Å². The minimum absolute atomic E-state index is 0.0924. The maximum Gasteiger partial charge on any atom is 0.239 e. The molecule has 0 saturated heterocycles. The van der Waals surface area contributed by atoms with E-state index < -0.39 is 6.04 Å². The van der Waals surface area contributed by atoms with Gasteiger partial charge in [-0.3, -0.25) is 9.59 Å². The SMILES string of the molecule is CC1(C)CC(=O)C2=C(C1)Nc1ccccc1N(CC(=O)NCCc1ccc(F)cc1)C2c1ccccc1. The molecule has 0 saturated carbocycles. The van der Waals surface area contributed by atoms with E-state index in [9.17, 15) is 14.0 Å². The molecule has 0 bridgehead atoms. The van der Waals surface area contributed by atoms with Gasteiger partial charge in [-0.15, -0.1) is 0 Å². The Morgan fingerprint density at radius 2 is 1.70 bits per heavy atom. The van der Waals surface area contributed by atoms with E-state index in [2.05, 4.69) is 24.5 Å². The van der Waals surface area contributed by atoms with E-state index >= 15 is 0 Å². The van der Waals surface area contributed by atoms with Gasteiger partial charge in [0.1, 0.15) is 5.82 Å². The zero-order valence-electron chi connectivity index (χ0n) is 21.3. The maximum absolute atomic E-state index is 13.7. The van der Waals surface area contributed by atoms with E-state index in [-0.39, 0.29) is 29.5 Å². The number of hydrogen-bond acceptors (Lipinski definition) is 4. The Hall–Kier alpha value is -3.93. The number of fused-ring (bicyclic) bond motifs is 1. The first kappa shape index (κ1) is 24.8. The van der Waals surface area contributed by atoms with Gasteiger partial charge < -0.3 is 15.5 Å². The van der Waals surface area contributed by atoms with Gasteiger partial charge in [0, 0.05) is 24.2 Å². The van der Waals surface area contributed by atoms with Crippen molar-refractivity contribution in [1.82, 2.24) is 5.32 Å². The number of carbonyl (C=O) groups is 2. The summed E-state index contributed by atoms with van der Waals surface area (Å²) in [5.41, 5.74) is 5.22. The molecular weight excluding hydrogens is 465 g/mol. The molecule has 5 rings (SSSR count).